The second kappa shape index (κ2) is 14.0. The van der Waals surface area contributed by atoms with Crippen LogP contribution in [0.2, 0.25) is 0 Å². The summed E-state index contributed by atoms with van der Waals surface area (Å²) in [6, 6.07) is 19.0. The summed E-state index contributed by atoms with van der Waals surface area (Å²) < 4.78 is 78.8. The van der Waals surface area contributed by atoms with Crippen molar-refractivity contribution in [3.63, 3.8) is 0 Å². The number of alkyl halides is 6. The molecule has 0 saturated carbocycles. The fraction of sp³-hybridized carbons (Fsp3) is 0.0571. The van der Waals surface area contributed by atoms with Gasteiger partial charge in [-0.05, 0) is 65.6 Å². The molecule has 10 nitrogen and oxygen atoms in total. The van der Waals surface area contributed by atoms with Gasteiger partial charge < -0.3 is 5.11 Å². The summed E-state index contributed by atoms with van der Waals surface area (Å²) in [6.07, 6.45) is -7.71. The maximum atomic E-state index is 13.0. The molecule has 18 heteroatoms. The Morgan fingerprint density at radius 3 is 2.00 bits per heavy atom. The SMILES string of the molecule is O=C1NN(c2cccc(C(F)(F)F)c2)C(=O)C1=Cc1cc2ccccc2s1.O=C1NNC(=O)C1=C(c1cccc(C(F)(F)F)c1)c1cc(C(=O)O)cs1. The first-order valence-electron chi connectivity index (χ1n) is 14.9. The number of benzene rings is 3. The topological polar surface area (TPSA) is 145 Å². The van der Waals surface area contributed by atoms with E-state index in [1.165, 1.54) is 47.1 Å². The fourth-order valence-electron chi connectivity index (χ4n) is 5.19. The normalized spacial score (nSPS) is 15.3. The molecule has 2 aliphatic heterocycles. The van der Waals surface area contributed by atoms with Crippen LogP contribution in [0.1, 0.15) is 36.8 Å². The van der Waals surface area contributed by atoms with E-state index in [2.05, 4.69) is 16.3 Å². The minimum atomic E-state index is -4.62. The summed E-state index contributed by atoms with van der Waals surface area (Å²) >= 11 is 2.32. The first kappa shape index (κ1) is 36.5. The van der Waals surface area contributed by atoms with Crippen LogP contribution in [-0.2, 0) is 31.5 Å². The number of halogens is 6. The minimum absolute atomic E-state index is 0.0270. The summed E-state index contributed by atoms with van der Waals surface area (Å²) in [4.78, 5) is 60.8. The second-order valence-corrected chi connectivity index (χ2v) is 13.1. The Hall–Kier alpha value is -6.27. The average molecular weight is 771 g/mol. The van der Waals surface area contributed by atoms with Gasteiger partial charge in [-0.25, -0.2) is 9.80 Å². The van der Waals surface area contributed by atoms with Crippen LogP contribution in [0.5, 0.6) is 0 Å². The van der Waals surface area contributed by atoms with Gasteiger partial charge >= 0.3 is 18.3 Å². The Balaban J connectivity index is 0.000000182. The summed E-state index contributed by atoms with van der Waals surface area (Å²) in [5, 5.41) is 12.1. The molecule has 2 saturated heterocycles. The van der Waals surface area contributed by atoms with Crippen LogP contribution in [-0.4, -0.2) is 34.7 Å². The molecule has 7 rings (SSSR count). The predicted molar refractivity (Wildman–Crippen MR) is 182 cm³/mol. The van der Waals surface area contributed by atoms with Gasteiger partial charge in [-0.15, -0.1) is 22.7 Å². The third-order valence-corrected chi connectivity index (χ3v) is 9.63. The molecule has 0 spiro atoms. The number of carboxylic acids is 1. The average Bonchev–Trinajstić information content (AvgIpc) is 3.89. The van der Waals surface area contributed by atoms with Crippen molar-refractivity contribution in [2.45, 2.75) is 12.4 Å². The molecule has 3 aromatic carbocycles. The maximum absolute atomic E-state index is 13.0. The number of fused-ring (bicyclic) bond motifs is 1. The van der Waals surface area contributed by atoms with Gasteiger partial charge in [-0.2, -0.15) is 26.3 Å². The largest absolute Gasteiger partial charge is 0.478 e. The van der Waals surface area contributed by atoms with Crippen molar-refractivity contribution in [3.8, 4) is 0 Å². The van der Waals surface area contributed by atoms with Crippen LogP contribution in [0.3, 0.4) is 0 Å². The van der Waals surface area contributed by atoms with Gasteiger partial charge in [0.15, 0.2) is 0 Å². The van der Waals surface area contributed by atoms with Crippen LogP contribution in [0.4, 0.5) is 32.0 Å². The number of rotatable bonds is 5. The summed E-state index contributed by atoms with van der Waals surface area (Å²) in [5.41, 5.74) is 3.86. The molecular weight excluding hydrogens is 751 g/mol. The minimum Gasteiger partial charge on any atom is -0.478 e. The molecule has 0 atom stereocenters. The lowest BCUT2D eigenvalue weighted by Crippen LogP contribution is -2.35. The summed E-state index contributed by atoms with van der Waals surface area (Å²) in [5.74, 6) is -4.21. The standard InChI is InChI=1S/C19H11F3N2O2S.C16H9F3N2O4S/c20-19(21,22)12-5-3-6-13(9-12)24-18(26)15(17(25)23-24)10-14-8-11-4-1-2-7-16(11)27-14;17-16(18,19)9-3-1-2-7(4-9)11(12-13(22)20-21-14(12)23)10-5-8(6-26-10)15(24)25/h1-10H,(H,23,25);1-6H,(H,20,22)(H,21,23)(H,24,25). The lowest BCUT2D eigenvalue weighted by Gasteiger charge is -2.16. The molecule has 0 aliphatic carbocycles. The van der Waals surface area contributed by atoms with E-state index >= 15 is 0 Å². The second-order valence-electron chi connectivity index (χ2n) is 11.1. The summed E-state index contributed by atoms with van der Waals surface area (Å²) in [6.45, 7) is 0. The quantitative estimate of drug-likeness (QED) is 0.0879. The molecule has 4 heterocycles. The van der Waals surface area contributed by atoms with Gasteiger partial charge in [0.05, 0.1) is 22.4 Å². The molecule has 0 radical (unpaired) electrons. The number of carbonyl (C=O) groups is 5. The highest BCUT2D eigenvalue weighted by atomic mass is 32.1. The van der Waals surface area contributed by atoms with Crippen molar-refractivity contribution >= 4 is 79.7 Å². The van der Waals surface area contributed by atoms with Gasteiger partial charge in [0.25, 0.3) is 23.6 Å². The Morgan fingerprint density at radius 2 is 1.38 bits per heavy atom. The predicted octanol–water partition coefficient (Wildman–Crippen LogP) is 6.81. The highest BCUT2D eigenvalue weighted by Gasteiger charge is 2.37. The van der Waals surface area contributed by atoms with Gasteiger partial charge in [0.1, 0.15) is 11.1 Å². The van der Waals surface area contributed by atoms with Crippen molar-refractivity contribution in [1.82, 2.24) is 16.3 Å². The van der Waals surface area contributed by atoms with Crippen LogP contribution < -0.4 is 21.3 Å². The molecule has 0 bridgehead atoms. The molecule has 4 N–H and O–H groups in total. The number of amides is 4. The first-order valence-corrected chi connectivity index (χ1v) is 16.6. The van der Waals surface area contributed by atoms with Crippen molar-refractivity contribution in [3.05, 3.63) is 133 Å². The van der Waals surface area contributed by atoms with E-state index < -0.39 is 53.1 Å². The third kappa shape index (κ3) is 7.68. The van der Waals surface area contributed by atoms with Crippen LogP contribution in [0.25, 0.3) is 21.7 Å². The van der Waals surface area contributed by atoms with Crippen LogP contribution in [0, 0.1) is 0 Å². The highest BCUT2D eigenvalue weighted by molar-refractivity contribution is 7.19. The third-order valence-electron chi connectivity index (χ3n) is 7.62. The van der Waals surface area contributed by atoms with E-state index in [9.17, 15) is 50.3 Å². The molecule has 4 amide bonds. The number of carboxylic acid groups (broad SMARTS) is 1. The van der Waals surface area contributed by atoms with Crippen molar-refractivity contribution < 1.29 is 55.4 Å². The lowest BCUT2D eigenvalue weighted by atomic mass is 9.96. The highest BCUT2D eigenvalue weighted by Crippen LogP contribution is 2.37. The number of hydrogen-bond donors (Lipinski definition) is 4. The summed E-state index contributed by atoms with van der Waals surface area (Å²) in [7, 11) is 0. The lowest BCUT2D eigenvalue weighted by molar-refractivity contribution is -0.138. The maximum Gasteiger partial charge on any atom is 0.416 e. The monoisotopic (exact) mass is 770 g/mol. The van der Waals surface area contributed by atoms with E-state index in [-0.39, 0.29) is 38.4 Å². The molecule has 53 heavy (non-hydrogen) atoms. The molecule has 5 aromatic rings. The van der Waals surface area contributed by atoms with Crippen LogP contribution >= 0.6 is 22.7 Å². The molecule has 2 aromatic heterocycles. The molecular formula is C35H20F6N4O6S2. The van der Waals surface area contributed by atoms with Crippen molar-refractivity contribution in [1.29, 1.82) is 0 Å². The number of hydrazine groups is 2. The number of hydrogen-bond acceptors (Lipinski definition) is 7. The molecule has 2 aliphatic rings. The first-order chi connectivity index (χ1) is 25.0. The number of anilines is 1. The molecule has 270 valence electrons. The zero-order valence-corrected chi connectivity index (χ0v) is 27.9. The van der Waals surface area contributed by atoms with Gasteiger partial charge in [-0.3, -0.25) is 35.5 Å². The zero-order chi connectivity index (χ0) is 38.2. The van der Waals surface area contributed by atoms with Gasteiger partial charge in [0.2, 0.25) is 0 Å². The Labute approximate surface area is 301 Å². The Bertz CT molecular complexity index is 2340. The van der Waals surface area contributed by atoms with E-state index in [0.717, 1.165) is 56.8 Å². The van der Waals surface area contributed by atoms with E-state index in [1.54, 1.807) is 0 Å². The Kier molecular flexibility index (Phi) is 9.67. The number of carbonyl (C=O) groups excluding carboxylic acids is 4. The van der Waals surface area contributed by atoms with Gasteiger partial charge in [0, 0.05) is 25.4 Å². The number of aromatic carboxylic acids is 1. The Morgan fingerprint density at radius 1 is 0.736 bits per heavy atom. The van der Waals surface area contributed by atoms with Crippen molar-refractivity contribution in [2.75, 3.05) is 5.01 Å². The number of nitrogens with zero attached hydrogens (tertiary/aromatic N) is 1. The van der Waals surface area contributed by atoms with E-state index in [0.29, 0.717) is 4.88 Å². The molecule has 0 unspecified atom stereocenters. The van der Waals surface area contributed by atoms with E-state index in [4.69, 9.17) is 5.11 Å². The number of nitrogens with one attached hydrogen (secondary N) is 3. The van der Waals surface area contributed by atoms with Crippen LogP contribution in [0.15, 0.2) is 101 Å². The molecule has 2 fully saturated rings. The zero-order valence-electron chi connectivity index (χ0n) is 26.3. The van der Waals surface area contributed by atoms with Crippen molar-refractivity contribution in [2.24, 2.45) is 0 Å². The smallest absolute Gasteiger partial charge is 0.416 e. The number of thiophene rings is 2. The van der Waals surface area contributed by atoms with E-state index in [1.807, 2.05) is 30.3 Å². The van der Waals surface area contributed by atoms with Gasteiger partial charge in [-0.1, -0.05) is 36.4 Å². The fourth-order valence-corrected chi connectivity index (χ4v) is 7.15.